The van der Waals surface area contributed by atoms with Crippen LogP contribution in [0, 0.1) is 0 Å². The summed E-state index contributed by atoms with van der Waals surface area (Å²) in [5.41, 5.74) is 0.0237. The number of hydrogen-bond donors (Lipinski definition) is 2. The molecule has 0 aliphatic rings. The summed E-state index contributed by atoms with van der Waals surface area (Å²) in [7, 11) is 0. The fourth-order valence-electron chi connectivity index (χ4n) is 0.630. The molecule has 2 N–H and O–H groups in total. The van der Waals surface area contributed by atoms with Crippen molar-refractivity contribution in [2.45, 2.75) is 19.3 Å². The van der Waals surface area contributed by atoms with E-state index in [0.29, 0.717) is 0 Å². The van der Waals surface area contributed by atoms with E-state index in [1.165, 1.54) is 6.92 Å². The zero-order chi connectivity index (χ0) is 12.8. The Morgan fingerprint density at radius 2 is 2.00 bits per heavy atom. The van der Waals surface area contributed by atoms with E-state index in [2.05, 4.69) is 22.6 Å². The third-order valence-corrected chi connectivity index (χ3v) is 1.44. The monoisotopic (exact) mass is 230 g/mol. The molecular formula is C10H14O6. The maximum atomic E-state index is 10.9. The number of esters is 2. The highest BCUT2D eigenvalue weighted by Crippen LogP contribution is 2.10. The maximum Gasteiger partial charge on any atom is 0.337 e. The normalized spacial score (nSPS) is 10.4. The van der Waals surface area contributed by atoms with Gasteiger partial charge in [0.1, 0.15) is 6.61 Å². The van der Waals surface area contributed by atoms with Gasteiger partial charge in [-0.2, -0.15) is 0 Å². The Kier molecular flexibility index (Phi) is 5.41. The summed E-state index contributed by atoms with van der Waals surface area (Å²) in [5.74, 6) is -4.33. The van der Waals surface area contributed by atoms with E-state index in [1.54, 1.807) is 0 Å². The first-order valence-electron chi connectivity index (χ1n) is 4.41. The molecule has 0 aliphatic carbocycles. The lowest BCUT2D eigenvalue weighted by Crippen LogP contribution is -2.36. The van der Waals surface area contributed by atoms with Gasteiger partial charge < -0.3 is 19.7 Å². The van der Waals surface area contributed by atoms with Gasteiger partial charge in [-0.05, 0) is 6.92 Å². The van der Waals surface area contributed by atoms with Crippen molar-refractivity contribution < 1.29 is 29.3 Å². The predicted octanol–water partition coefficient (Wildman–Crippen LogP) is -0.137. The van der Waals surface area contributed by atoms with E-state index >= 15 is 0 Å². The number of ether oxygens (including phenoxy) is 2. The second-order valence-corrected chi connectivity index (χ2v) is 3.03. The van der Waals surface area contributed by atoms with E-state index in [0.717, 1.165) is 6.08 Å². The minimum Gasteiger partial charge on any atom is -0.462 e. The standard InChI is InChI=1S/C10H14O6/c1-4-8(11)15-6-5-10(13,14)16-9(12)7(2)3/h4,13-14H,1-2,5-6H2,3H3. The van der Waals surface area contributed by atoms with Gasteiger partial charge in [0, 0.05) is 11.6 Å². The lowest BCUT2D eigenvalue weighted by Gasteiger charge is -2.20. The molecule has 0 aliphatic heterocycles. The molecule has 90 valence electrons. The first kappa shape index (κ1) is 14.3. The Balaban J connectivity index is 4.05. The van der Waals surface area contributed by atoms with Gasteiger partial charge in [-0.15, -0.1) is 0 Å². The van der Waals surface area contributed by atoms with Gasteiger partial charge in [0.25, 0.3) is 0 Å². The van der Waals surface area contributed by atoms with Gasteiger partial charge in [-0.1, -0.05) is 13.2 Å². The number of carbonyl (C=O) groups excluding carboxylic acids is 2. The topological polar surface area (TPSA) is 93.1 Å². The third-order valence-electron chi connectivity index (χ3n) is 1.44. The largest absolute Gasteiger partial charge is 0.462 e. The van der Waals surface area contributed by atoms with Crippen molar-refractivity contribution in [2.24, 2.45) is 0 Å². The minimum atomic E-state index is -2.68. The Hall–Kier alpha value is -1.66. The molecule has 6 nitrogen and oxygen atoms in total. The smallest absolute Gasteiger partial charge is 0.337 e. The molecule has 0 radical (unpaired) electrons. The summed E-state index contributed by atoms with van der Waals surface area (Å²) in [6.07, 6.45) is 0.460. The molecule has 0 unspecified atom stereocenters. The Bertz CT molecular complexity index is 304. The van der Waals surface area contributed by atoms with Crippen LogP contribution in [0.15, 0.2) is 24.8 Å². The van der Waals surface area contributed by atoms with E-state index < -0.39 is 24.3 Å². The average Bonchev–Trinajstić information content (AvgIpc) is 2.16. The van der Waals surface area contributed by atoms with Crippen molar-refractivity contribution in [3.8, 4) is 0 Å². The number of carbonyl (C=O) groups is 2. The zero-order valence-electron chi connectivity index (χ0n) is 8.93. The van der Waals surface area contributed by atoms with Crippen LogP contribution in [0.1, 0.15) is 13.3 Å². The molecule has 0 aromatic rings. The van der Waals surface area contributed by atoms with Crippen LogP contribution in [0.2, 0.25) is 0 Å². The molecule has 0 spiro atoms. The molecule has 0 heterocycles. The molecular weight excluding hydrogens is 216 g/mol. The summed E-state index contributed by atoms with van der Waals surface area (Å²) < 4.78 is 8.75. The first-order valence-corrected chi connectivity index (χ1v) is 4.41. The SMILES string of the molecule is C=CC(=O)OCCC(O)(O)OC(=O)C(=C)C. The van der Waals surface area contributed by atoms with Gasteiger partial charge in [0.05, 0.1) is 6.42 Å². The molecule has 0 aromatic heterocycles. The fourth-order valence-corrected chi connectivity index (χ4v) is 0.630. The number of rotatable bonds is 6. The molecule has 0 aromatic carbocycles. The van der Waals surface area contributed by atoms with Gasteiger partial charge in [0.2, 0.25) is 0 Å². The summed E-state index contributed by atoms with van der Waals surface area (Å²) in [6.45, 7) is 7.46. The molecule has 0 bridgehead atoms. The van der Waals surface area contributed by atoms with E-state index in [9.17, 15) is 19.8 Å². The van der Waals surface area contributed by atoms with Crippen molar-refractivity contribution in [1.29, 1.82) is 0 Å². The summed E-state index contributed by atoms with van der Waals surface area (Å²) >= 11 is 0. The minimum absolute atomic E-state index is 0.0237. The molecule has 6 heteroatoms. The van der Waals surface area contributed by atoms with Gasteiger partial charge in [0.15, 0.2) is 0 Å². The van der Waals surface area contributed by atoms with Crippen molar-refractivity contribution >= 4 is 11.9 Å². The van der Waals surface area contributed by atoms with Crippen molar-refractivity contribution in [3.63, 3.8) is 0 Å². The van der Waals surface area contributed by atoms with Crippen LogP contribution in [-0.2, 0) is 19.1 Å². The van der Waals surface area contributed by atoms with E-state index in [-0.39, 0.29) is 12.2 Å². The summed E-state index contributed by atoms with van der Waals surface area (Å²) in [6, 6.07) is 0. The van der Waals surface area contributed by atoms with Crippen LogP contribution >= 0.6 is 0 Å². The van der Waals surface area contributed by atoms with Crippen LogP contribution in [0.25, 0.3) is 0 Å². The molecule has 0 rings (SSSR count). The molecule has 0 atom stereocenters. The van der Waals surface area contributed by atoms with Crippen molar-refractivity contribution in [2.75, 3.05) is 6.61 Å². The summed E-state index contributed by atoms with van der Waals surface area (Å²) in [5, 5.41) is 18.3. The van der Waals surface area contributed by atoms with Crippen LogP contribution in [0.4, 0.5) is 0 Å². The van der Waals surface area contributed by atoms with Gasteiger partial charge >= 0.3 is 17.9 Å². The quantitative estimate of drug-likeness (QED) is 0.375. The van der Waals surface area contributed by atoms with Crippen LogP contribution in [-0.4, -0.2) is 34.7 Å². The second-order valence-electron chi connectivity index (χ2n) is 3.03. The predicted molar refractivity (Wildman–Crippen MR) is 53.8 cm³/mol. The highest BCUT2D eigenvalue weighted by atomic mass is 16.8. The maximum absolute atomic E-state index is 10.9. The Morgan fingerprint density at radius 1 is 1.44 bits per heavy atom. The van der Waals surface area contributed by atoms with Crippen molar-refractivity contribution in [3.05, 3.63) is 24.8 Å². The van der Waals surface area contributed by atoms with E-state index in [4.69, 9.17) is 0 Å². The van der Waals surface area contributed by atoms with E-state index in [1.807, 2.05) is 0 Å². The van der Waals surface area contributed by atoms with Crippen molar-refractivity contribution in [1.82, 2.24) is 0 Å². The Labute approximate surface area is 92.8 Å². The second kappa shape index (κ2) is 6.04. The average molecular weight is 230 g/mol. The highest BCUT2D eigenvalue weighted by molar-refractivity contribution is 5.87. The molecule has 0 amide bonds. The Morgan fingerprint density at radius 3 is 2.44 bits per heavy atom. The lowest BCUT2D eigenvalue weighted by molar-refractivity contribution is -0.322. The number of hydrogen-bond acceptors (Lipinski definition) is 6. The lowest BCUT2D eigenvalue weighted by atomic mass is 10.3. The molecule has 0 fully saturated rings. The van der Waals surface area contributed by atoms with Gasteiger partial charge in [-0.3, -0.25) is 0 Å². The fraction of sp³-hybridized carbons (Fsp3) is 0.400. The highest BCUT2D eigenvalue weighted by Gasteiger charge is 2.28. The zero-order valence-corrected chi connectivity index (χ0v) is 8.93. The van der Waals surface area contributed by atoms with Crippen LogP contribution in [0.5, 0.6) is 0 Å². The number of aliphatic hydroxyl groups is 2. The van der Waals surface area contributed by atoms with Crippen LogP contribution < -0.4 is 0 Å². The summed E-state index contributed by atoms with van der Waals surface area (Å²) in [4.78, 5) is 21.5. The molecule has 0 saturated carbocycles. The van der Waals surface area contributed by atoms with Crippen LogP contribution in [0.3, 0.4) is 0 Å². The van der Waals surface area contributed by atoms with Gasteiger partial charge in [-0.25, -0.2) is 9.59 Å². The molecule has 0 saturated heterocycles. The third kappa shape index (κ3) is 5.94. The molecule has 16 heavy (non-hydrogen) atoms. The first-order chi connectivity index (χ1) is 7.28.